The summed E-state index contributed by atoms with van der Waals surface area (Å²) in [5.74, 6) is -13.8. The Morgan fingerprint density at radius 1 is 0.630 bits per heavy atom. The van der Waals surface area contributed by atoms with Crippen molar-refractivity contribution in [3.8, 4) is 28.0 Å². The van der Waals surface area contributed by atoms with Gasteiger partial charge in [-0.05, 0) is 59.4 Å². The first-order valence-electron chi connectivity index (χ1n) is 13.8. The first-order valence-corrected chi connectivity index (χ1v) is 13.8. The van der Waals surface area contributed by atoms with Crippen LogP contribution >= 0.6 is 0 Å². The van der Waals surface area contributed by atoms with E-state index < -0.39 is 81.0 Å². The molecule has 4 rings (SSSR count). The SMILES string of the molecule is CCCCC(C)Cc1ccc(-c2cc(F)c(-c3cc(F)c(C(F)(F)Oc4cc(F)c(C(F)(F)F)c(F)c4)c(F)c3)c(F)c2)c(F)c1. The van der Waals surface area contributed by atoms with Crippen LogP contribution in [0.3, 0.4) is 0 Å². The van der Waals surface area contributed by atoms with E-state index in [2.05, 4.69) is 4.74 Å². The van der Waals surface area contributed by atoms with E-state index in [1.165, 1.54) is 12.1 Å². The summed E-state index contributed by atoms with van der Waals surface area (Å²) in [5, 5.41) is 0. The van der Waals surface area contributed by atoms with Gasteiger partial charge in [0.15, 0.2) is 0 Å². The van der Waals surface area contributed by atoms with E-state index in [0.717, 1.165) is 19.3 Å². The predicted octanol–water partition coefficient (Wildman–Crippen LogP) is 11.5. The quantitative estimate of drug-likeness (QED) is 0.153. The number of alkyl halides is 5. The van der Waals surface area contributed by atoms with Crippen molar-refractivity contribution in [3.05, 3.63) is 112 Å². The number of benzene rings is 4. The third kappa shape index (κ3) is 7.45. The van der Waals surface area contributed by atoms with Crippen LogP contribution in [0.15, 0.2) is 54.6 Å². The maximum Gasteiger partial charge on any atom is 0.432 e. The van der Waals surface area contributed by atoms with Gasteiger partial charge in [0, 0.05) is 17.7 Å². The third-order valence-corrected chi connectivity index (χ3v) is 7.19. The van der Waals surface area contributed by atoms with Gasteiger partial charge in [0.05, 0.1) is 5.56 Å². The van der Waals surface area contributed by atoms with Crippen molar-refractivity contribution in [2.24, 2.45) is 5.92 Å². The lowest BCUT2D eigenvalue weighted by Crippen LogP contribution is -2.25. The number of unbranched alkanes of at least 4 members (excludes halogenated alkanes) is 1. The molecule has 0 amide bonds. The fourth-order valence-electron chi connectivity index (χ4n) is 5.06. The van der Waals surface area contributed by atoms with E-state index in [1.54, 1.807) is 6.07 Å². The first-order chi connectivity index (χ1) is 21.4. The molecule has 0 aliphatic heterocycles. The minimum atomic E-state index is -5.53. The summed E-state index contributed by atoms with van der Waals surface area (Å²) in [6.45, 7) is 4.06. The molecular weight excluding hydrogens is 640 g/mol. The Morgan fingerprint density at radius 3 is 1.65 bits per heavy atom. The number of rotatable bonds is 10. The van der Waals surface area contributed by atoms with Crippen LogP contribution in [-0.2, 0) is 18.7 Å². The van der Waals surface area contributed by atoms with Crippen molar-refractivity contribution in [1.29, 1.82) is 0 Å². The van der Waals surface area contributed by atoms with Crippen LogP contribution in [-0.4, -0.2) is 0 Å². The van der Waals surface area contributed by atoms with Gasteiger partial charge >= 0.3 is 12.3 Å². The van der Waals surface area contributed by atoms with Crippen molar-refractivity contribution in [2.75, 3.05) is 0 Å². The molecule has 4 aromatic rings. The lowest BCUT2D eigenvalue weighted by atomic mass is 9.93. The van der Waals surface area contributed by atoms with Gasteiger partial charge < -0.3 is 4.74 Å². The van der Waals surface area contributed by atoms with Crippen LogP contribution < -0.4 is 4.74 Å². The van der Waals surface area contributed by atoms with Gasteiger partial charge in [-0.3, -0.25) is 0 Å². The van der Waals surface area contributed by atoms with Crippen LogP contribution in [0.4, 0.5) is 52.7 Å². The number of halogens is 12. The number of hydrogen-bond donors (Lipinski definition) is 0. The number of ether oxygens (including phenoxy) is 1. The van der Waals surface area contributed by atoms with Gasteiger partial charge in [0.25, 0.3) is 0 Å². The highest BCUT2D eigenvalue weighted by Gasteiger charge is 2.43. The Labute approximate surface area is 255 Å². The van der Waals surface area contributed by atoms with Gasteiger partial charge in [-0.2, -0.15) is 22.0 Å². The highest BCUT2D eigenvalue weighted by atomic mass is 19.4. The van der Waals surface area contributed by atoms with Crippen molar-refractivity contribution in [1.82, 2.24) is 0 Å². The lowest BCUT2D eigenvalue weighted by Gasteiger charge is -2.21. The van der Waals surface area contributed by atoms with E-state index in [4.69, 9.17) is 0 Å². The molecule has 0 bridgehead atoms. The van der Waals surface area contributed by atoms with Crippen LogP contribution in [0.5, 0.6) is 5.75 Å². The molecule has 1 nitrogen and oxygen atoms in total. The van der Waals surface area contributed by atoms with E-state index >= 15 is 8.78 Å². The fraction of sp³-hybridized carbons (Fsp3) is 0.273. The van der Waals surface area contributed by atoms with Crippen molar-refractivity contribution < 1.29 is 57.4 Å². The second kappa shape index (κ2) is 13.3. The summed E-state index contributed by atoms with van der Waals surface area (Å²) in [7, 11) is 0. The first kappa shape index (κ1) is 34.7. The van der Waals surface area contributed by atoms with E-state index in [0.29, 0.717) is 24.1 Å². The zero-order chi connectivity index (χ0) is 34.1. The molecule has 0 N–H and O–H groups in total. The molecule has 0 fully saturated rings. The summed E-state index contributed by atoms with van der Waals surface area (Å²) >= 11 is 0. The standard InChI is InChI=1S/C33H24F12O/c1-3-4-5-16(2)8-17-6-7-21(22(34)9-17)18-10-23(35)29(24(36)11-18)19-12-25(37)31(26(38)13-19)33(44,45)46-20-14-27(39)30(28(40)15-20)32(41,42)43/h6-7,9-16H,3-5,8H2,1-2H3. The molecular formula is C33H24F12O. The molecule has 246 valence electrons. The normalized spacial score (nSPS) is 12.8. The monoisotopic (exact) mass is 664 g/mol. The average molecular weight is 665 g/mol. The molecule has 13 heteroatoms. The number of hydrogen-bond acceptors (Lipinski definition) is 1. The van der Waals surface area contributed by atoms with Gasteiger partial charge in [-0.1, -0.05) is 45.2 Å². The summed E-state index contributed by atoms with van der Waals surface area (Å²) in [4.78, 5) is 0. The highest BCUT2D eigenvalue weighted by molar-refractivity contribution is 5.72. The second-order valence-corrected chi connectivity index (χ2v) is 10.8. The molecule has 1 atom stereocenters. The Balaban J connectivity index is 1.63. The molecule has 0 saturated carbocycles. The van der Waals surface area contributed by atoms with Crippen molar-refractivity contribution in [2.45, 2.75) is 51.8 Å². The molecule has 4 aromatic carbocycles. The zero-order valence-corrected chi connectivity index (χ0v) is 24.0. The molecule has 0 radical (unpaired) electrons. The topological polar surface area (TPSA) is 9.23 Å². The van der Waals surface area contributed by atoms with Crippen molar-refractivity contribution in [3.63, 3.8) is 0 Å². The lowest BCUT2D eigenvalue weighted by molar-refractivity contribution is -0.189. The minimum absolute atomic E-state index is 0.125. The summed E-state index contributed by atoms with van der Waals surface area (Å²) in [6.07, 6.45) is -7.07. The Kier molecular flexibility index (Phi) is 10.0. The average Bonchev–Trinajstić information content (AvgIpc) is 2.89. The highest BCUT2D eigenvalue weighted by Crippen LogP contribution is 2.41. The molecule has 0 spiro atoms. The van der Waals surface area contributed by atoms with Crippen LogP contribution in [0.1, 0.15) is 49.8 Å². The predicted molar refractivity (Wildman–Crippen MR) is 145 cm³/mol. The van der Waals surface area contributed by atoms with Crippen LogP contribution in [0.25, 0.3) is 22.3 Å². The van der Waals surface area contributed by atoms with Gasteiger partial charge in [-0.15, -0.1) is 0 Å². The molecule has 46 heavy (non-hydrogen) atoms. The van der Waals surface area contributed by atoms with Gasteiger partial charge in [0.1, 0.15) is 57.6 Å². The van der Waals surface area contributed by atoms with Gasteiger partial charge in [0.2, 0.25) is 0 Å². The van der Waals surface area contributed by atoms with Crippen LogP contribution in [0, 0.1) is 46.6 Å². The molecule has 0 aliphatic carbocycles. The molecule has 1 unspecified atom stereocenters. The Hall–Kier alpha value is -4.16. The zero-order valence-electron chi connectivity index (χ0n) is 24.0. The smallest absolute Gasteiger partial charge is 0.429 e. The molecule has 0 heterocycles. The second-order valence-electron chi connectivity index (χ2n) is 10.8. The third-order valence-electron chi connectivity index (χ3n) is 7.19. The van der Waals surface area contributed by atoms with E-state index in [-0.39, 0.29) is 41.3 Å². The maximum absolute atomic E-state index is 15.1. The molecule has 0 aromatic heterocycles. The summed E-state index contributed by atoms with van der Waals surface area (Å²) < 4.78 is 174. The van der Waals surface area contributed by atoms with Crippen LogP contribution in [0.2, 0.25) is 0 Å². The largest absolute Gasteiger partial charge is 0.432 e. The van der Waals surface area contributed by atoms with Crippen molar-refractivity contribution >= 4 is 0 Å². The summed E-state index contributed by atoms with van der Waals surface area (Å²) in [5.41, 5.74) is -6.27. The fourth-order valence-corrected chi connectivity index (χ4v) is 5.06. The Morgan fingerprint density at radius 2 is 1.15 bits per heavy atom. The van der Waals surface area contributed by atoms with E-state index in [1.807, 2.05) is 13.8 Å². The summed E-state index contributed by atoms with van der Waals surface area (Å²) in [6, 6.07) is 5.27. The molecule has 0 aliphatic rings. The Bertz CT molecular complexity index is 1680. The van der Waals surface area contributed by atoms with E-state index in [9.17, 15) is 43.9 Å². The molecule has 0 saturated heterocycles. The minimum Gasteiger partial charge on any atom is -0.429 e. The maximum atomic E-state index is 15.1. The van der Waals surface area contributed by atoms with Gasteiger partial charge in [-0.25, -0.2) is 30.7 Å².